The van der Waals surface area contributed by atoms with Gasteiger partial charge in [0.15, 0.2) is 5.96 Å². The van der Waals surface area contributed by atoms with Gasteiger partial charge in [0, 0.05) is 36.1 Å². The van der Waals surface area contributed by atoms with Gasteiger partial charge in [0.25, 0.3) is 0 Å². The number of fused-ring (bicyclic) bond motifs is 1. The van der Waals surface area contributed by atoms with Crippen molar-refractivity contribution in [3.63, 3.8) is 0 Å². The van der Waals surface area contributed by atoms with Gasteiger partial charge in [-0.15, -0.1) is 11.3 Å². The molecule has 1 aromatic carbocycles. The molecule has 2 aromatic rings. The van der Waals surface area contributed by atoms with Crippen LogP contribution in [0.25, 0.3) is 0 Å². The predicted molar refractivity (Wildman–Crippen MR) is 109 cm³/mol. The molecule has 6 heteroatoms. The molecule has 0 fully saturated rings. The highest BCUT2D eigenvalue weighted by molar-refractivity contribution is 7.10. The summed E-state index contributed by atoms with van der Waals surface area (Å²) in [5, 5.41) is 8.66. The standard InChI is InChI=1S/C20H26N4OS/c1-3-21-20(22-13-15(2)18-9-6-12-26-18)23-14-19(25)24-11-10-16-7-4-5-8-17(16)24/h4-9,12,15H,3,10-11,13-14H2,1-2H3,(H2,21,22,23). The van der Waals surface area contributed by atoms with E-state index in [9.17, 15) is 4.79 Å². The highest BCUT2D eigenvalue weighted by Crippen LogP contribution is 2.27. The van der Waals surface area contributed by atoms with E-state index in [1.165, 1.54) is 10.4 Å². The largest absolute Gasteiger partial charge is 0.357 e. The van der Waals surface area contributed by atoms with Gasteiger partial charge < -0.3 is 15.5 Å². The van der Waals surface area contributed by atoms with E-state index < -0.39 is 0 Å². The Kier molecular flexibility index (Phi) is 6.28. The first-order chi connectivity index (χ1) is 12.7. The molecule has 0 bridgehead atoms. The third kappa shape index (κ3) is 4.43. The molecule has 1 unspecified atom stereocenters. The van der Waals surface area contributed by atoms with Crippen LogP contribution in [0, 0.1) is 0 Å². The third-order valence-corrected chi connectivity index (χ3v) is 5.61. The number of hydrogen-bond acceptors (Lipinski definition) is 3. The van der Waals surface area contributed by atoms with E-state index in [1.54, 1.807) is 11.3 Å². The van der Waals surface area contributed by atoms with Crippen molar-refractivity contribution in [2.24, 2.45) is 4.99 Å². The number of nitrogens with one attached hydrogen (secondary N) is 2. The molecule has 1 aromatic heterocycles. The van der Waals surface area contributed by atoms with Gasteiger partial charge >= 0.3 is 0 Å². The van der Waals surface area contributed by atoms with Crippen molar-refractivity contribution in [1.29, 1.82) is 0 Å². The molecule has 1 aliphatic heterocycles. The highest BCUT2D eigenvalue weighted by atomic mass is 32.1. The molecular weight excluding hydrogens is 344 g/mol. The number of benzene rings is 1. The number of carbonyl (C=O) groups is 1. The summed E-state index contributed by atoms with van der Waals surface area (Å²) < 4.78 is 0. The Labute approximate surface area is 159 Å². The molecule has 1 atom stereocenters. The van der Waals surface area contributed by atoms with E-state index in [0.717, 1.165) is 31.7 Å². The molecule has 0 radical (unpaired) electrons. The lowest BCUT2D eigenvalue weighted by Crippen LogP contribution is -2.40. The second-order valence-corrected chi connectivity index (χ2v) is 7.40. The van der Waals surface area contributed by atoms with Gasteiger partial charge in [0.05, 0.1) is 0 Å². The summed E-state index contributed by atoms with van der Waals surface area (Å²) in [6.45, 7) is 6.66. The van der Waals surface area contributed by atoms with E-state index in [-0.39, 0.29) is 12.5 Å². The van der Waals surface area contributed by atoms with E-state index in [2.05, 4.69) is 46.1 Å². The van der Waals surface area contributed by atoms with Crippen LogP contribution < -0.4 is 15.5 Å². The normalized spacial score (nSPS) is 14.8. The Bertz CT molecular complexity index is 757. The van der Waals surface area contributed by atoms with Crippen molar-refractivity contribution in [3.05, 3.63) is 52.2 Å². The molecule has 1 aliphatic rings. The second kappa shape index (κ2) is 8.85. The lowest BCUT2D eigenvalue weighted by Gasteiger charge is -2.18. The van der Waals surface area contributed by atoms with Gasteiger partial charge in [-0.05, 0) is 36.4 Å². The fourth-order valence-electron chi connectivity index (χ4n) is 3.09. The van der Waals surface area contributed by atoms with Gasteiger partial charge in [0.2, 0.25) is 5.91 Å². The van der Waals surface area contributed by atoms with Crippen LogP contribution in [0.15, 0.2) is 46.8 Å². The Hall–Kier alpha value is -2.34. The summed E-state index contributed by atoms with van der Waals surface area (Å²) in [6.07, 6.45) is 0.919. The number of para-hydroxylation sites is 1. The van der Waals surface area contributed by atoms with Gasteiger partial charge in [0.1, 0.15) is 6.54 Å². The number of amides is 1. The molecule has 138 valence electrons. The number of nitrogens with zero attached hydrogens (tertiary/aromatic N) is 2. The van der Waals surface area contributed by atoms with Crippen molar-refractivity contribution in [3.8, 4) is 0 Å². The molecule has 3 rings (SSSR count). The van der Waals surface area contributed by atoms with Crippen molar-refractivity contribution in [1.82, 2.24) is 10.6 Å². The number of anilines is 1. The van der Waals surface area contributed by atoms with Crippen molar-refractivity contribution in [2.75, 3.05) is 31.1 Å². The van der Waals surface area contributed by atoms with E-state index in [1.807, 2.05) is 30.0 Å². The maximum absolute atomic E-state index is 12.6. The molecule has 2 heterocycles. The number of thiophene rings is 1. The Morgan fingerprint density at radius 3 is 2.88 bits per heavy atom. The van der Waals surface area contributed by atoms with Crippen molar-refractivity contribution >= 4 is 28.9 Å². The predicted octanol–water partition coefficient (Wildman–Crippen LogP) is 3.00. The lowest BCUT2D eigenvalue weighted by molar-refractivity contribution is -0.117. The number of carbonyl (C=O) groups excluding carboxylic acids is 1. The topological polar surface area (TPSA) is 56.7 Å². The first kappa shape index (κ1) is 18.5. The van der Waals surface area contributed by atoms with Crippen molar-refractivity contribution in [2.45, 2.75) is 26.2 Å². The smallest absolute Gasteiger partial charge is 0.248 e. The number of hydrogen-bond donors (Lipinski definition) is 2. The van der Waals surface area contributed by atoms with Crippen molar-refractivity contribution < 1.29 is 4.79 Å². The van der Waals surface area contributed by atoms with Crippen LogP contribution in [0.4, 0.5) is 5.69 Å². The minimum atomic E-state index is 0.0402. The van der Waals surface area contributed by atoms with Gasteiger partial charge in [-0.3, -0.25) is 4.79 Å². The SMILES string of the molecule is CCNC(=NCC(=O)N1CCc2ccccc21)NCC(C)c1cccs1. The van der Waals surface area contributed by atoms with Gasteiger partial charge in [-0.2, -0.15) is 0 Å². The van der Waals surface area contributed by atoms with E-state index in [4.69, 9.17) is 0 Å². The molecule has 5 nitrogen and oxygen atoms in total. The molecule has 0 spiro atoms. The third-order valence-electron chi connectivity index (χ3n) is 4.51. The highest BCUT2D eigenvalue weighted by Gasteiger charge is 2.23. The second-order valence-electron chi connectivity index (χ2n) is 6.42. The minimum Gasteiger partial charge on any atom is -0.357 e. The summed E-state index contributed by atoms with van der Waals surface area (Å²) in [5.41, 5.74) is 2.26. The van der Waals surface area contributed by atoms with E-state index >= 15 is 0 Å². The summed E-state index contributed by atoms with van der Waals surface area (Å²) >= 11 is 1.76. The fraction of sp³-hybridized carbons (Fsp3) is 0.400. The lowest BCUT2D eigenvalue weighted by atomic mass is 10.1. The van der Waals surface area contributed by atoms with Crippen LogP contribution in [0.5, 0.6) is 0 Å². The molecule has 0 aliphatic carbocycles. The molecule has 1 amide bonds. The Morgan fingerprint density at radius 1 is 1.27 bits per heavy atom. The Balaban J connectivity index is 1.58. The fourth-order valence-corrected chi connectivity index (χ4v) is 3.88. The summed E-state index contributed by atoms with van der Waals surface area (Å²) in [7, 11) is 0. The Morgan fingerprint density at radius 2 is 2.12 bits per heavy atom. The molecular formula is C20H26N4OS. The maximum atomic E-state index is 12.6. The number of aliphatic imine (C=N–C) groups is 1. The monoisotopic (exact) mass is 370 g/mol. The maximum Gasteiger partial charge on any atom is 0.248 e. The summed E-state index contributed by atoms with van der Waals surface area (Å²) in [6, 6.07) is 12.3. The minimum absolute atomic E-state index is 0.0402. The van der Waals surface area contributed by atoms with E-state index in [0.29, 0.717) is 11.9 Å². The zero-order chi connectivity index (χ0) is 18.4. The molecule has 26 heavy (non-hydrogen) atoms. The zero-order valence-corrected chi connectivity index (χ0v) is 16.2. The first-order valence-corrected chi connectivity index (χ1v) is 10.0. The summed E-state index contributed by atoms with van der Waals surface area (Å²) in [4.78, 5) is 20.3. The van der Waals surface area contributed by atoms with Gasteiger partial charge in [-0.25, -0.2) is 4.99 Å². The molecule has 0 saturated carbocycles. The van der Waals surface area contributed by atoms with Crippen LogP contribution in [0.2, 0.25) is 0 Å². The first-order valence-electron chi connectivity index (χ1n) is 9.13. The average Bonchev–Trinajstić information content (AvgIpc) is 3.33. The van der Waals surface area contributed by atoms with Crippen LogP contribution >= 0.6 is 11.3 Å². The quantitative estimate of drug-likeness (QED) is 0.607. The summed E-state index contributed by atoms with van der Waals surface area (Å²) in [5.74, 6) is 1.13. The molecule has 0 saturated heterocycles. The van der Waals surface area contributed by atoms with Crippen LogP contribution in [0.1, 0.15) is 30.2 Å². The van der Waals surface area contributed by atoms with Crippen LogP contribution in [-0.4, -0.2) is 38.0 Å². The zero-order valence-electron chi connectivity index (χ0n) is 15.4. The van der Waals surface area contributed by atoms with Gasteiger partial charge in [-0.1, -0.05) is 31.2 Å². The number of rotatable bonds is 6. The molecule has 2 N–H and O–H groups in total. The number of guanidine groups is 1. The van der Waals surface area contributed by atoms with Crippen LogP contribution in [-0.2, 0) is 11.2 Å². The van der Waals surface area contributed by atoms with Crippen LogP contribution in [0.3, 0.4) is 0 Å². The average molecular weight is 371 g/mol.